The largest absolute Gasteiger partial charge is 0.347 e. The van der Waals surface area contributed by atoms with Gasteiger partial charge in [-0.1, -0.05) is 17.7 Å². The van der Waals surface area contributed by atoms with Crippen LogP contribution in [0, 0.1) is 6.92 Å². The Kier molecular flexibility index (Phi) is 4.02. The second kappa shape index (κ2) is 5.45. The number of amides is 3. The number of hydrogen-bond acceptors (Lipinski definition) is 4. The van der Waals surface area contributed by atoms with E-state index in [-0.39, 0.29) is 11.4 Å². The molecule has 0 aliphatic carbocycles. The molecule has 7 nitrogen and oxygen atoms in total. The molecule has 2 N–H and O–H groups in total. The summed E-state index contributed by atoms with van der Waals surface area (Å²) in [5, 5.41) is 0.659. The molecule has 0 saturated carbocycles. The average molecular weight is 330 g/mol. The molecule has 3 amide bonds. The van der Waals surface area contributed by atoms with E-state index >= 15 is 0 Å². The molecule has 9 heteroatoms. The molecule has 1 aromatic carbocycles. The summed E-state index contributed by atoms with van der Waals surface area (Å²) in [7, 11) is -4.10. The van der Waals surface area contributed by atoms with Gasteiger partial charge in [-0.2, -0.15) is 0 Å². The third-order valence-electron chi connectivity index (χ3n) is 2.89. The summed E-state index contributed by atoms with van der Waals surface area (Å²) >= 11 is 5.83. The predicted molar refractivity (Wildman–Crippen MR) is 79.2 cm³/mol. The van der Waals surface area contributed by atoms with Crippen molar-refractivity contribution in [3.63, 3.8) is 0 Å². The van der Waals surface area contributed by atoms with E-state index in [4.69, 9.17) is 11.6 Å². The fraction of sp³-hybridized carbons (Fsp3) is 0.250. The lowest BCUT2D eigenvalue weighted by Gasteiger charge is -2.21. The monoisotopic (exact) mass is 329 g/mol. The van der Waals surface area contributed by atoms with Crippen LogP contribution in [0.4, 0.5) is 10.5 Å². The minimum atomic E-state index is -4.10. The molecule has 0 saturated heterocycles. The van der Waals surface area contributed by atoms with Crippen LogP contribution < -0.4 is 10.0 Å². The summed E-state index contributed by atoms with van der Waals surface area (Å²) in [6.07, 6.45) is 0. The minimum Gasteiger partial charge on any atom is -0.282 e. The summed E-state index contributed by atoms with van der Waals surface area (Å²) in [6.45, 7) is 3.00. The number of benzene rings is 1. The number of aryl methyl sites for hydroxylation is 1. The van der Waals surface area contributed by atoms with Crippen molar-refractivity contribution in [2.45, 2.75) is 19.1 Å². The van der Waals surface area contributed by atoms with Crippen molar-refractivity contribution in [2.24, 2.45) is 4.99 Å². The lowest BCUT2D eigenvalue weighted by Crippen LogP contribution is -2.51. The topological polar surface area (TPSA) is 105 Å². The SMILES string of the molecule is CC1=NC(=O)NC(=O)C1S(=O)(=O)Nc1cc(Cl)ccc1C. The normalized spacial score (nSPS) is 19.0. The Bertz CT molecular complexity index is 758. The zero-order chi connectivity index (χ0) is 15.8. The quantitative estimate of drug-likeness (QED) is 0.876. The summed E-state index contributed by atoms with van der Waals surface area (Å²) in [4.78, 5) is 26.3. The molecule has 1 heterocycles. The van der Waals surface area contributed by atoms with Crippen LogP contribution >= 0.6 is 11.6 Å². The van der Waals surface area contributed by atoms with Gasteiger partial charge in [0.2, 0.25) is 10.0 Å². The van der Waals surface area contributed by atoms with Crippen LogP contribution in [0.1, 0.15) is 12.5 Å². The number of halogens is 1. The summed E-state index contributed by atoms with van der Waals surface area (Å²) in [5.41, 5.74) is 0.820. The standard InChI is InChI=1S/C12H12ClN3O4S/c1-6-3-4-8(13)5-9(6)16-21(19,20)10-7(2)14-12(18)15-11(10)17/h3-5,10,16H,1-2H3,(H,15,17,18). The van der Waals surface area contributed by atoms with Gasteiger partial charge in [0.05, 0.1) is 11.4 Å². The average Bonchev–Trinajstić information content (AvgIpc) is 2.31. The van der Waals surface area contributed by atoms with Crippen LogP contribution in [0.2, 0.25) is 5.02 Å². The van der Waals surface area contributed by atoms with Crippen LogP contribution in [0.15, 0.2) is 23.2 Å². The Morgan fingerprint density at radius 2 is 1.95 bits per heavy atom. The number of urea groups is 1. The smallest absolute Gasteiger partial charge is 0.282 e. The zero-order valence-corrected chi connectivity index (χ0v) is 12.7. The van der Waals surface area contributed by atoms with Crippen LogP contribution in [0.3, 0.4) is 0 Å². The highest BCUT2D eigenvalue weighted by molar-refractivity contribution is 7.94. The van der Waals surface area contributed by atoms with E-state index in [0.29, 0.717) is 10.6 Å². The second-order valence-electron chi connectivity index (χ2n) is 4.53. The number of nitrogens with zero attached hydrogens (tertiary/aromatic N) is 1. The maximum atomic E-state index is 12.3. The molecule has 1 aliphatic heterocycles. The van der Waals surface area contributed by atoms with Gasteiger partial charge in [0.1, 0.15) is 0 Å². The summed E-state index contributed by atoms with van der Waals surface area (Å²) in [5.74, 6) is -0.931. The number of sulfonamides is 1. The Hall–Kier alpha value is -1.93. The van der Waals surface area contributed by atoms with Gasteiger partial charge in [-0.25, -0.2) is 18.2 Å². The highest BCUT2D eigenvalue weighted by Crippen LogP contribution is 2.23. The van der Waals surface area contributed by atoms with E-state index in [0.717, 1.165) is 0 Å². The molecule has 1 unspecified atom stereocenters. The molecular weight excluding hydrogens is 318 g/mol. The van der Waals surface area contributed by atoms with Crippen molar-refractivity contribution in [1.82, 2.24) is 5.32 Å². The van der Waals surface area contributed by atoms with Crippen molar-refractivity contribution in [2.75, 3.05) is 4.72 Å². The van der Waals surface area contributed by atoms with E-state index in [1.54, 1.807) is 19.1 Å². The lowest BCUT2D eigenvalue weighted by molar-refractivity contribution is -0.118. The molecular formula is C12H12ClN3O4S. The second-order valence-corrected chi connectivity index (χ2v) is 6.74. The molecule has 0 spiro atoms. The number of carbonyl (C=O) groups is 2. The van der Waals surface area contributed by atoms with E-state index in [1.165, 1.54) is 13.0 Å². The molecule has 0 fully saturated rings. The van der Waals surface area contributed by atoms with Crippen LogP contribution in [-0.4, -0.2) is 31.3 Å². The van der Waals surface area contributed by atoms with E-state index in [9.17, 15) is 18.0 Å². The molecule has 0 radical (unpaired) electrons. The molecule has 0 aromatic heterocycles. The third kappa shape index (κ3) is 3.22. The van der Waals surface area contributed by atoms with Gasteiger partial charge >= 0.3 is 6.03 Å². The van der Waals surface area contributed by atoms with Crippen molar-refractivity contribution >= 4 is 45.0 Å². The first-order valence-electron chi connectivity index (χ1n) is 5.88. The number of nitrogens with one attached hydrogen (secondary N) is 2. The molecule has 1 aromatic rings. The number of anilines is 1. The zero-order valence-electron chi connectivity index (χ0n) is 11.2. The van der Waals surface area contributed by atoms with Gasteiger partial charge < -0.3 is 0 Å². The van der Waals surface area contributed by atoms with Crippen LogP contribution in [0.5, 0.6) is 0 Å². The first-order chi connectivity index (χ1) is 9.70. The fourth-order valence-corrected chi connectivity index (χ4v) is 3.55. The maximum absolute atomic E-state index is 12.3. The van der Waals surface area contributed by atoms with Crippen LogP contribution in [0.25, 0.3) is 0 Å². The molecule has 1 atom stereocenters. The van der Waals surface area contributed by atoms with Gasteiger partial charge in [0, 0.05) is 5.02 Å². The Labute approximate surface area is 126 Å². The van der Waals surface area contributed by atoms with E-state index in [2.05, 4.69) is 9.71 Å². The van der Waals surface area contributed by atoms with Crippen molar-refractivity contribution in [3.8, 4) is 0 Å². The number of hydrogen-bond donors (Lipinski definition) is 2. The Balaban J connectivity index is 2.39. The first-order valence-corrected chi connectivity index (χ1v) is 7.81. The molecule has 112 valence electrons. The number of carbonyl (C=O) groups excluding carboxylic acids is 2. The Morgan fingerprint density at radius 3 is 2.57 bits per heavy atom. The molecule has 0 bridgehead atoms. The van der Waals surface area contributed by atoms with Crippen molar-refractivity contribution in [3.05, 3.63) is 28.8 Å². The Morgan fingerprint density at radius 1 is 1.29 bits per heavy atom. The third-order valence-corrected chi connectivity index (χ3v) is 4.80. The molecule has 2 rings (SSSR count). The van der Waals surface area contributed by atoms with E-state index in [1.807, 2.05) is 5.32 Å². The highest BCUT2D eigenvalue weighted by atomic mass is 35.5. The number of aliphatic imine (C=N–C) groups is 1. The summed E-state index contributed by atoms with van der Waals surface area (Å²) in [6, 6.07) is 3.83. The number of rotatable bonds is 3. The van der Waals surface area contributed by atoms with E-state index < -0.39 is 27.2 Å². The first kappa shape index (κ1) is 15.5. The van der Waals surface area contributed by atoms with Gasteiger partial charge in [0.15, 0.2) is 5.25 Å². The highest BCUT2D eigenvalue weighted by Gasteiger charge is 2.39. The fourth-order valence-electron chi connectivity index (χ4n) is 1.89. The van der Waals surface area contributed by atoms with Gasteiger partial charge in [-0.3, -0.25) is 14.8 Å². The minimum absolute atomic E-state index is 0.0871. The van der Waals surface area contributed by atoms with Crippen molar-refractivity contribution < 1.29 is 18.0 Å². The van der Waals surface area contributed by atoms with Gasteiger partial charge in [-0.05, 0) is 31.5 Å². The summed E-state index contributed by atoms with van der Waals surface area (Å²) < 4.78 is 27.0. The maximum Gasteiger partial charge on any atom is 0.347 e. The van der Waals surface area contributed by atoms with Crippen molar-refractivity contribution in [1.29, 1.82) is 0 Å². The van der Waals surface area contributed by atoms with Crippen LogP contribution in [-0.2, 0) is 14.8 Å². The number of imide groups is 1. The van der Waals surface area contributed by atoms with Gasteiger partial charge in [-0.15, -0.1) is 0 Å². The predicted octanol–water partition coefficient (Wildman–Crippen LogP) is 1.47. The molecule has 21 heavy (non-hydrogen) atoms. The molecule has 1 aliphatic rings. The lowest BCUT2D eigenvalue weighted by atomic mass is 10.2. The van der Waals surface area contributed by atoms with Gasteiger partial charge in [0.25, 0.3) is 5.91 Å².